The first-order chi connectivity index (χ1) is 14.7. The van der Waals surface area contributed by atoms with Crippen LogP contribution in [-0.2, 0) is 0 Å². The van der Waals surface area contributed by atoms with Crippen LogP contribution in [0.1, 0.15) is 19.8 Å². The predicted molar refractivity (Wildman–Crippen MR) is 122 cm³/mol. The van der Waals surface area contributed by atoms with E-state index in [4.69, 9.17) is 43.4 Å². The molecule has 0 aliphatic carbocycles. The smallest absolute Gasteiger partial charge is 0.220 e. The molecule has 1 aromatic carbocycles. The monoisotopic (exact) mass is 463 g/mol. The molecule has 3 N–H and O–H groups in total. The Hall–Kier alpha value is -2.55. The zero-order chi connectivity index (χ0) is 22.3. The number of nitrogens with two attached hydrogens (primary N) is 1. The number of nitrogens with zero attached hydrogens (tertiary/aromatic N) is 4. The number of anilines is 2. The number of nitrogen functional groups attached to an aromatic ring is 1. The molecule has 1 aliphatic rings. The number of piperidine rings is 1. The van der Waals surface area contributed by atoms with Crippen LogP contribution in [0.15, 0.2) is 18.3 Å². The number of aliphatic hydroxyl groups is 1. The summed E-state index contributed by atoms with van der Waals surface area (Å²) >= 11 is 13.3. The predicted octanol–water partition coefficient (Wildman–Crippen LogP) is 3.95. The van der Waals surface area contributed by atoms with Crippen molar-refractivity contribution < 1.29 is 14.6 Å². The molecule has 3 aromatic rings. The van der Waals surface area contributed by atoms with Crippen LogP contribution in [0, 0.1) is 0 Å². The van der Waals surface area contributed by atoms with Gasteiger partial charge in [0.05, 0.1) is 35.6 Å². The number of fused-ring (bicyclic) bond motifs is 1. The van der Waals surface area contributed by atoms with E-state index in [1.165, 1.54) is 14.2 Å². The van der Waals surface area contributed by atoms with Crippen LogP contribution < -0.4 is 20.1 Å². The molecule has 3 heterocycles. The van der Waals surface area contributed by atoms with Crippen molar-refractivity contribution in [3.05, 3.63) is 28.4 Å². The Bertz CT molecular complexity index is 1120. The molecule has 4 rings (SSSR count). The molecule has 0 bridgehead atoms. The van der Waals surface area contributed by atoms with Crippen LogP contribution >= 0.6 is 23.2 Å². The minimum atomic E-state index is -0.704. The zero-order valence-electron chi connectivity index (χ0n) is 17.4. The first-order valence-electron chi connectivity index (χ1n) is 9.75. The first kappa shape index (κ1) is 21.7. The highest BCUT2D eigenvalue weighted by Gasteiger charge is 2.30. The second-order valence-corrected chi connectivity index (χ2v) is 8.52. The van der Waals surface area contributed by atoms with E-state index in [9.17, 15) is 5.11 Å². The molecule has 0 spiro atoms. The molecule has 0 amide bonds. The molecule has 10 heteroatoms. The molecule has 0 unspecified atom stereocenters. The Morgan fingerprint density at radius 2 is 1.68 bits per heavy atom. The largest absolute Gasteiger partial charge is 0.495 e. The Morgan fingerprint density at radius 3 is 2.26 bits per heavy atom. The van der Waals surface area contributed by atoms with Crippen molar-refractivity contribution in [1.82, 2.24) is 15.0 Å². The van der Waals surface area contributed by atoms with Crippen LogP contribution in [0.2, 0.25) is 10.0 Å². The fraction of sp³-hybridized carbons (Fsp3) is 0.381. The lowest BCUT2D eigenvalue weighted by Crippen LogP contribution is -2.43. The Morgan fingerprint density at radius 1 is 1.06 bits per heavy atom. The molecular formula is C21H23Cl2N5O3. The SMILES string of the molecule is COc1cc(OC)c(Cl)c(-c2cc3cnc(N)nc3c(N3CCC(C)(O)CC3)n2)c1Cl. The number of ether oxygens (including phenoxy) is 2. The molecule has 164 valence electrons. The van der Waals surface area contributed by atoms with E-state index < -0.39 is 5.60 Å². The molecule has 8 nitrogen and oxygen atoms in total. The van der Waals surface area contributed by atoms with Gasteiger partial charge in [-0.2, -0.15) is 0 Å². The highest BCUT2D eigenvalue weighted by molar-refractivity contribution is 6.41. The summed E-state index contributed by atoms with van der Waals surface area (Å²) in [5.41, 5.74) is 6.79. The second-order valence-electron chi connectivity index (χ2n) is 7.77. The van der Waals surface area contributed by atoms with Gasteiger partial charge in [-0.3, -0.25) is 0 Å². The number of methoxy groups -OCH3 is 2. The highest BCUT2D eigenvalue weighted by atomic mass is 35.5. The van der Waals surface area contributed by atoms with E-state index in [0.29, 0.717) is 70.1 Å². The Balaban J connectivity index is 1.94. The van der Waals surface area contributed by atoms with Crippen molar-refractivity contribution in [3.8, 4) is 22.8 Å². The average Bonchev–Trinajstić information content (AvgIpc) is 2.74. The van der Waals surface area contributed by atoms with Crippen molar-refractivity contribution in [3.63, 3.8) is 0 Å². The third-order valence-corrected chi connectivity index (χ3v) is 6.29. The summed E-state index contributed by atoms with van der Waals surface area (Å²) in [5.74, 6) is 1.63. The maximum absolute atomic E-state index is 10.4. The summed E-state index contributed by atoms with van der Waals surface area (Å²) in [7, 11) is 3.04. The third kappa shape index (κ3) is 4.03. The maximum atomic E-state index is 10.4. The van der Waals surface area contributed by atoms with Crippen LogP contribution in [0.4, 0.5) is 11.8 Å². The normalized spacial score (nSPS) is 15.9. The maximum Gasteiger partial charge on any atom is 0.220 e. The summed E-state index contributed by atoms with van der Waals surface area (Å²) < 4.78 is 10.8. The fourth-order valence-electron chi connectivity index (χ4n) is 3.70. The van der Waals surface area contributed by atoms with Gasteiger partial charge in [-0.15, -0.1) is 0 Å². The lowest BCUT2D eigenvalue weighted by molar-refractivity contribution is 0.0350. The molecule has 0 radical (unpaired) electrons. The van der Waals surface area contributed by atoms with E-state index in [0.717, 1.165) is 5.39 Å². The topological polar surface area (TPSA) is 107 Å². The van der Waals surface area contributed by atoms with Gasteiger partial charge in [-0.25, -0.2) is 15.0 Å². The molecular weight excluding hydrogens is 441 g/mol. The molecule has 1 aliphatic heterocycles. The van der Waals surface area contributed by atoms with Gasteiger partial charge in [-0.1, -0.05) is 23.2 Å². The van der Waals surface area contributed by atoms with E-state index in [1.54, 1.807) is 12.3 Å². The number of benzene rings is 1. The van der Waals surface area contributed by atoms with Gasteiger partial charge in [-0.05, 0) is 25.8 Å². The van der Waals surface area contributed by atoms with Crippen LogP contribution in [-0.4, -0.2) is 53.0 Å². The van der Waals surface area contributed by atoms with Gasteiger partial charge in [0, 0.05) is 36.3 Å². The van der Waals surface area contributed by atoms with Crippen LogP contribution in [0.5, 0.6) is 11.5 Å². The molecule has 31 heavy (non-hydrogen) atoms. The van der Waals surface area contributed by atoms with Gasteiger partial charge in [0.1, 0.15) is 17.0 Å². The van der Waals surface area contributed by atoms with E-state index in [1.807, 2.05) is 13.0 Å². The first-order valence-corrected chi connectivity index (χ1v) is 10.5. The van der Waals surface area contributed by atoms with Crippen molar-refractivity contribution in [1.29, 1.82) is 0 Å². The minimum Gasteiger partial charge on any atom is -0.495 e. The van der Waals surface area contributed by atoms with Gasteiger partial charge >= 0.3 is 0 Å². The minimum absolute atomic E-state index is 0.159. The van der Waals surface area contributed by atoms with E-state index in [-0.39, 0.29) is 5.95 Å². The number of pyridine rings is 1. The lowest BCUT2D eigenvalue weighted by Gasteiger charge is -2.36. The standard InChI is InChI=1S/C21H23Cl2N5O3/c1-21(29)4-6-28(7-5-21)19-18-11(10-25-20(24)27-18)8-12(26-19)15-16(22)13(30-2)9-14(31-3)17(15)23/h8-10,29H,4-7H2,1-3H3,(H2,24,25,27). The molecule has 0 atom stereocenters. The molecule has 2 aromatic heterocycles. The van der Waals surface area contributed by atoms with Crippen LogP contribution in [0.25, 0.3) is 22.2 Å². The third-order valence-electron chi connectivity index (χ3n) is 5.54. The summed E-state index contributed by atoms with van der Waals surface area (Å²) in [4.78, 5) is 15.5. The van der Waals surface area contributed by atoms with Gasteiger partial charge in [0.25, 0.3) is 0 Å². The van der Waals surface area contributed by atoms with Gasteiger partial charge in [0.2, 0.25) is 5.95 Å². The van der Waals surface area contributed by atoms with Gasteiger partial charge < -0.3 is 25.2 Å². The second kappa shape index (κ2) is 8.18. The number of halogens is 2. The van der Waals surface area contributed by atoms with Crippen molar-refractivity contribution >= 4 is 45.9 Å². The number of rotatable bonds is 4. The Labute approximate surface area is 189 Å². The number of aromatic nitrogens is 3. The van der Waals surface area contributed by atoms with E-state index >= 15 is 0 Å². The fourth-order valence-corrected chi connectivity index (χ4v) is 4.39. The van der Waals surface area contributed by atoms with Crippen molar-refractivity contribution in [2.45, 2.75) is 25.4 Å². The van der Waals surface area contributed by atoms with Gasteiger partial charge in [0.15, 0.2) is 5.82 Å². The quantitative estimate of drug-likeness (QED) is 0.598. The van der Waals surface area contributed by atoms with Crippen LogP contribution in [0.3, 0.4) is 0 Å². The summed E-state index contributed by atoms with van der Waals surface area (Å²) in [6, 6.07) is 3.44. The van der Waals surface area contributed by atoms with Crippen molar-refractivity contribution in [2.75, 3.05) is 37.9 Å². The number of hydrogen-bond acceptors (Lipinski definition) is 8. The molecule has 0 saturated carbocycles. The highest BCUT2D eigenvalue weighted by Crippen LogP contribution is 2.46. The summed E-state index contributed by atoms with van der Waals surface area (Å²) in [6.07, 6.45) is 2.86. The molecule has 1 saturated heterocycles. The Kier molecular flexibility index (Phi) is 5.72. The summed E-state index contributed by atoms with van der Waals surface area (Å²) in [6.45, 7) is 3.07. The molecule has 1 fully saturated rings. The number of hydrogen-bond donors (Lipinski definition) is 2. The lowest BCUT2D eigenvalue weighted by atomic mass is 9.94. The van der Waals surface area contributed by atoms with E-state index in [2.05, 4.69) is 14.9 Å². The average molecular weight is 464 g/mol. The van der Waals surface area contributed by atoms with Crippen molar-refractivity contribution in [2.24, 2.45) is 0 Å². The zero-order valence-corrected chi connectivity index (χ0v) is 19.0. The summed E-state index contributed by atoms with van der Waals surface area (Å²) in [5, 5.41) is 11.7.